The van der Waals surface area contributed by atoms with Crippen LogP contribution in [0.2, 0.25) is 0 Å². The Bertz CT molecular complexity index is 413. The lowest BCUT2D eigenvalue weighted by Crippen LogP contribution is -2.73. The number of carbonyl (C=O) groups is 1. The molecular weight excluding hydrogens is 264 g/mol. The Morgan fingerprint density at radius 2 is 1.90 bits per heavy atom. The number of hydrogen-bond donors (Lipinski definition) is 1. The van der Waals surface area contributed by atoms with Gasteiger partial charge in [0.2, 0.25) is 5.91 Å². The number of nitrogens with one attached hydrogen (secondary N) is 1. The van der Waals surface area contributed by atoms with Crippen LogP contribution in [0.1, 0.15) is 48.0 Å². The zero-order valence-electron chi connectivity index (χ0n) is 14.9. The lowest BCUT2D eigenvalue weighted by Gasteiger charge is -2.62. The Kier molecular flexibility index (Phi) is 5.29. The average molecular weight is 296 g/mol. The van der Waals surface area contributed by atoms with Gasteiger partial charge in [0.15, 0.2) is 5.96 Å². The molecule has 1 unspecified atom stereocenters. The first-order chi connectivity index (χ1) is 9.52. The third-order valence-corrected chi connectivity index (χ3v) is 4.99. The van der Waals surface area contributed by atoms with E-state index >= 15 is 0 Å². The van der Waals surface area contributed by atoms with Crippen molar-refractivity contribution in [1.82, 2.24) is 15.1 Å². The van der Waals surface area contributed by atoms with Crippen LogP contribution >= 0.6 is 0 Å². The summed E-state index contributed by atoms with van der Waals surface area (Å²) in [4.78, 5) is 20.2. The summed E-state index contributed by atoms with van der Waals surface area (Å²) < 4.78 is 0. The minimum absolute atomic E-state index is 0.0241. The highest BCUT2D eigenvalue weighted by molar-refractivity contribution is 5.86. The fourth-order valence-electron chi connectivity index (χ4n) is 2.22. The minimum Gasteiger partial charge on any atom is -0.354 e. The molecule has 1 aliphatic rings. The molecule has 1 saturated heterocycles. The number of likely N-dealkylation sites (tertiary alicyclic amines) is 1. The van der Waals surface area contributed by atoms with Crippen molar-refractivity contribution < 1.29 is 4.79 Å². The van der Waals surface area contributed by atoms with Gasteiger partial charge in [0.1, 0.15) is 6.54 Å². The maximum absolute atomic E-state index is 11.8. The lowest BCUT2D eigenvalue weighted by molar-refractivity contribution is -0.127. The molecule has 0 aromatic heterocycles. The van der Waals surface area contributed by atoms with Crippen LogP contribution in [-0.2, 0) is 4.79 Å². The van der Waals surface area contributed by atoms with E-state index in [9.17, 15) is 4.79 Å². The van der Waals surface area contributed by atoms with Crippen molar-refractivity contribution in [2.24, 2.45) is 10.4 Å². The van der Waals surface area contributed by atoms with Gasteiger partial charge in [-0.2, -0.15) is 0 Å². The number of aliphatic imine (C=N–C) groups is 1. The molecule has 1 fully saturated rings. The summed E-state index contributed by atoms with van der Waals surface area (Å²) in [5, 5.41) is 3.46. The molecule has 1 atom stereocenters. The second-order valence-electron chi connectivity index (χ2n) is 7.41. The third-order valence-electron chi connectivity index (χ3n) is 4.99. The topological polar surface area (TPSA) is 47.9 Å². The molecule has 1 aliphatic heterocycles. The van der Waals surface area contributed by atoms with E-state index in [2.05, 4.69) is 56.8 Å². The number of amides is 1. The SMILES string of the molecule is CCC(C)NC(=NCC(=O)N(C)C)N1CC(C)(C)C1(C)C. The molecule has 0 aliphatic carbocycles. The highest BCUT2D eigenvalue weighted by Gasteiger charge is 2.53. The Morgan fingerprint density at radius 3 is 2.29 bits per heavy atom. The number of carbonyl (C=O) groups excluding carboxylic acids is 1. The average Bonchev–Trinajstić information content (AvgIpc) is 2.40. The Labute approximate surface area is 129 Å². The van der Waals surface area contributed by atoms with Gasteiger partial charge in [0.05, 0.1) is 0 Å². The van der Waals surface area contributed by atoms with E-state index in [0.717, 1.165) is 18.9 Å². The van der Waals surface area contributed by atoms with E-state index in [1.807, 2.05) is 0 Å². The van der Waals surface area contributed by atoms with Crippen LogP contribution in [0.15, 0.2) is 4.99 Å². The number of rotatable bonds is 4. The Balaban J connectivity index is 2.89. The zero-order valence-corrected chi connectivity index (χ0v) is 14.9. The quantitative estimate of drug-likeness (QED) is 0.637. The zero-order chi connectivity index (χ0) is 16.4. The van der Waals surface area contributed by atoms with Crippen molar-refractivity contribution in [2.75, 3.05) is 27.2 Å². The van der Waals surface area contributed by atoms with Crippen LogP contribution in [0, 0.1) is 5.41 Å². The van der Waals surface area contributed by atoms with Crippen LogP contribution in [0.25, 0.3) is 0 Å². The van der Waals surface area contributed by atoms with Crippen molar-refractivity contribution in [1.29, 1.82) is 0 Å². The molecule has 1 amide bonds. The first kappa shape index (κ1) is 17.8. The summed E-state index contributed by atoms with van der Waals surface area (Å²) in [5.41, 5.74) is 0.282. The number of likely N-dealkylation sites (N-methyl/N-ethyl adjacent to an activating group) is 1. The molecule has 1 heterocycles. The summed E-state index contributed by atoms with van der Waals surface area (Å²) in [7, 11) is 3.52. The second-order valence-corrected chi connectivity index (χ2v) is 7.41. The molecule has 1 rings (SSSR count). The first-order valence-corrected chi connectivity index (χ1v) is 7.81. The van der Waals surface area contributed by atoms with Gasteiger partial charge in [-0.25, -0.2) is 4.99 Å². The summed E-state index contributed by atoms with van der Waals surface area (Å²) in [6.07, 6.45) is 1.03. The Morgan fingerprint density at radius 1 is 1.33 bits per heavy atom. The molecule has 21 heavy (non-hydrogen) atoms. The van der Waals surface area contributed by atoms with Gasteiger partial charge in [-0.1, -0.05) is 20.8 Å². The predicted octanol–water partition coefficient (Wildman–Crippen LogP) is 1.94. The normalized spacial score (nSPS) is 21.5. The first-order valence-electron chi connectivity index (χ1n) is 7.81. The maximum atomic E-state index is 11.8. The van der Waals surface area contributed by atoms with Gasteiger partial charge >= 0.3 is 0 Å². The summed E-state index contributed by atoms with van der Waals surface area (Å²) in [6.45, 7) is 14.4. The van der Waals surface area contributed by atoms with Gasteiger partial charge in [-0.15, -0.1) is 0 Å². The molecule has 1 N–H and O–H groups in total. The van der Waals surface area contributed by atoms with Crippen molar-refractivity contribution in [3.05, 3.63) is 0 Å². The largest absolute Gasteiger partial charge is 0.354 e. The lowest BCUT2D eigenvalue weighted by atomic mass is 9.65. The minimum atomic E-state index is 0.0241. The predicted molar refractivity (Wildman–Crippen MR) is 88.5 cm³/mol. The van der Waals surface area contributed by atoms with Crippen molar-refractivity contribution in [3.8, 4) is 0 Å². The molecule has 5 nitrogen and oxygen atoms in total. The van der Waals surface area contributed by atoms with E-state index in [-0.39, 0.29) is 23.4 Å². The van der Waals surface area contributed by atoms with Gasteiger partial charge in [-0.3, -0.25) is 4.79 Å². The standard InChI is InChI=1S/C16H32N4O/c1-9-12(2)18-14(17-10-13(21)19(7)8)20-11-15(3,4)16(20,5)6/h12H,9-11H2,1-8H3,(H,17,18). The molecule has 0 aromatic carbocycles. The van der Waals surface area contributed by atoms with Crippen LogP contribution in [-0.4, -0.2) is 60.4 Å². The summed E-state index contributed by atoms with van der Waals surface area (Å²) >= 11 is 0. The van der Waals surface area contributed by atoms with Gasteiger partial charge in [0, 0.05) is 37.6 Å². The van der Waals surface area contributed by atoms with Gasteiger partial charge < -0.3 is 15.1 Å². The molecule has 5 heteroatoms. The van der Waals surface area contributed by atoms with E-state index in [0.29, 0.717) is 6.04 Å². The molecule has 0 bridgehead atoms. The number of guanidine groups is 1. The number of nitrogens with zero attached hydrogens (tertiary/aromatic N) is 3. The van der Waals surface area contributed by atoms with E-state index < -0.39 is 0 Å². The third kappa shape index (κ3) is 3.69. The summed E-state index contributed by atoms with van der Waals surface area (Å²) in [6, 6.07) is 0.345. The molecule has 0 saturated carbocycles. The Hall–Kier alpha value is -1.26. The van der Waals surface area contributed by atoms with E-state index in [4.69, 9.17) is 0 Å². The molecule has 0 aromatic rings. The van der Waals surface area contributed by atoms with Crippen LogP contribution < -0.4 is 5.32 Å². The van der Waals surface area contributed by atoms with Gasteiger partial charge in [0.25, 0.3) is 0 Å². The summed E-state index contributed by atoms with van der Waals surface area (Å²) in [5.74, 6) is 0.875. The highest BCUT2D eigenvalue weighted by atomic mass is 16.2. The van der Waals surface area contributed by atoms with Crippen molar-refractivity contribution >= 4 is 11.9 Å². The van der Waals surface area contributed by atoms with E-state index in [1.54, 1.807) is 19.0 Å². The monoisotopic (exact) mass is 296 g/mol. The van der Waals surface area contributed by atoms with Crippen LogP contribution in [0.4, 0.5) is 0 Å². The fourth-order valence-corrected chi connectivity index (χ4v) is 2.22. The van der Waals surface area contributed by atoms with Crippen LogP contribution in [0.5, 0.6) is 0 Å². The molecule has 0 radical (unpaired) electrons. The smallest absolute Gasteiger partial charge is 0.243 e. The second kappa shape index (κ2) is 6.24. The van der Waals surface area contributed by atoms with E-state index in [1.165, 1.54) is 0 Å². The molecular formula is C16H32N4O. The van der Waals surface area contributed by atoms with Crippen molar-refractivity contribution in [3.63, 3.8) is 0 Å². The maximum Gasteiger partial charge on any atom is 0.243 e. The number of hydrogen-bond acceptors (Lipinski definition) is 2. The molecule has 0 spiro atoms. The van der Waals surface area contributed by atoms with Gasteiger partial charge in [-0.05, 0) is 27.2 Å². The molecule has 122 valence electrons. The fraction of sp³-hybridized carbons (Fsp3) is 0.875. The highest BCUT2D eigenvalue weighted by Crippen LogP contribution is 2.46. The van der Waals surface area contributed by atoms with Crippen molar-refractivity contribution in [2.45, 2.75) is 59.5 Å². The van der Waals surface area contributed by atoms with Crippen LogP contribution in [0.3, 0.4) is 0 Å².